The van der Waals surface area contributed by atoms with Crippen molar-refractivity contribution in [2.75, 3.05) is 23.3 Å². The third-order valence-corrected chi connectivity index (χ3v) is 4.25. The normalized spacial score (nSPS) is 17.8. The molecule has 120 valence electrons. The van der Waals surface area contributed by atoms with Crippen molar-refractivity contribution in [2.45, 2.75) is 26.7 Å². The highest BCUT2D eigenvalue weighted by Gasteiger charge is 2.18. The van der Waals surface area contributed by atoms with E-state index in [-0.39, 0.29) is 5.91 Å². The zero-order valence-corrected chi connectivity index (χ0v) is 13.6. The van der Waals surface area contributed by atoms with Crippen molar-refractivity contribution in [3.63, 3.8) is 0 Å². The molecule has 1 saturated heterocycles. The molecular weight excluding hydrogens is 288 g/mol. The van der Waals surface area contributed by atoms with Crippen LogP contribution in [-0.4, -0.2) is 29.0 Å². The summed E-state index contributed by atoms with van der Waals surface area (Å²) in [7, 11) is 0. The van der Waals surface area contributed by atoms with Crippen LogP contribution in [0.4, 0.5) is 11.5 Å². The second-order valence-electron chi connectivity index (χ2n) is 6.22. The number of rotatable bonds is 3. The number of nitrogens with zero attached hydrogens (tertiary/aromatic N) is 3. The molecule has 1 aliphatic heterocycles. The molecule has 23 heavy (non-hydrogen) atoms. The first-order chi connectivity index (χ1) is 11.1. The third kappa shape index (κ3) is 3.67. The quantitative estimate of drug-likeness (QED) is 0.945. The van der Waals surface area contributed by atoms with Crippen molar-refractivity contribution in [3.05, 3.63) is 47.9 Å². The molecule has 0 aliphatic carbocycles. The van der Waals surface area contributed by atoms with E-state index in [0.717, 1.165) is 30.2 Å². The topological polar surface area (TPSA) is 58.1 Å². The zero-order chi connectivity index (χ0) is 16.2. The highest BCUT2D eigenvalue weighted by atomic mass is 16.1. The van der Waals surface area contributed by atoms with Crippen molar-refractivity contribution in [2.24, 2.45) is 5.92 Å². The molecule has 1 N–H and O–H groups in total. The maximum Gasteiger partial charge on any atom is 0.275 e. The molecule has 1 aromatic heterocycles. The minimum atomic E-state index is -0.231. The van der Waals surface area contributed by atoms with E-state index in [1.807, 2.05) is 31.2 Å². The number of anilines is 2. The van der Waals surface area contributed by atoms with E-state index in [2.05, 4.69) is 27.1 Å². The fraction of sp³-hybridized carbons (Fsp3) is 0.389. The van der Waals surface area contributed by atoms with Gasteiger partial charge in [0.25, 0.3) is 5.91 Å². The van der Waals surface area contributed by atoms with Crippen molar-refractivity contribution in [1.29, 1.82) is 0 Å². The van der Waals surface area contributed by atoms with Gasteiger partial charge in [0.05, 0.1) is 12.4 Å². The number of para-hydroxylation sites is 1. The largest absolute Gasteiger partial charge is 0.355 e. The van der Waals surface area contributed by atoms with Crippen LogP contribution in [0.25, 0.3) is 0 Å². The lowest BCUT2D eigenvalue weighted by atomic mass is 10.0. The third-order valence-electron chi connectivity index (χ3n) is 4.25. The first kappa shape index (κ1) is 15.5. The lowest BCUT2D eigenvalue weighted by Gasteiger charge is -2.31. The molecule has 1 amide bonds. The van der Waals surface area contributed by atoms with Gasteiger partial charge < -0.3 is 10.2 Å². The second-order valence-corrected chi connectivity index (χ2v) is 6.22. The summed E-state index contributed by atoms with van der Waals surface area (Å²) in [5, 5.41) is 2.88. The number of aromatic nitrogens is 2. The fourth-order valence-electron chi connectivity index (χ4n) is 2.90. The van der Waals surface area contributed by atoms with Crippen LogP contribution < -0.4 is 10.2 Å². The molecule has 5 nitrogen and oxygen atoms in total. The highest BCUT2D eigenvalue weighted by molar-refractivity contribution is 6.03. The molecule has 2 aromatic rings. The van der Waals surface area contributed by atoms with E-state index in [1.165, 1.54) is 12.8 Å². The van der Waals surface area contributed by atoms with Crippen LogP contribution in [0.5, 0.6) is 0 Å². The Balaban J connectivity index is 1.69. The Hall–Kier alpha value is -2.43. The van der Waals surface area contributed by atoms with E-state index < -0.39 is 0 Å². The van der Waals surface area contributed by atoms with Crippen molar-refractivity contribution in [1.82, 2.24) is 9.97 Å². The van der Waals surface area contributed by atoms with Gasteiger partial charge in [0.15, 0.2) is 0 Å². The van der Waals surface area contributed by atoms with Gasteiger partial charge in [-0.15, -0.1) is 0 Å². The van der Waals surface area contributed by atoms with E-state index in [4.69, 9.17) is 0 Å². The predicted molar refractivity (Wildman–Crippen MR) is 91.8 cm³/mol. The van der Waals surface area contributed by atoms with Crippen LogP contribution in [0, 0.1) is 12.8 Å². The van der Waals surface area contributed by atoms with Gasteiger partial charge >= 0.3 is 0 Å². The Bertz CT molecular complexity index is 684. The molecule has 3 rings (SSSR count). The number of piperidine rings is 1. The average molecular weight is 310 g/mol. The van der Waals surface area contributed by atoms with Gasteiger partial charge in [0, 0.05) is 18.8 Å². The molecule has 0 radical (unpaired) electrons. The fourth-order valence-corrected chi connectivity index (χ4v) is 2.90. The molecule has 1 fully saturated rings. The Morgan fingerprint density at radius 2 is 2.09 bits per heavy atom. The van der Waals surface area contributed by atoms with Crippen LogP contribution in [0.2, 0.25) is 0 Å². The maximum absolute atomic E-state index is 12.3. The van der Waals surface area contributed by atoms with Gasteiger partial charge in [0.1, 0.15) is 11.5 Å². The molecule has 1 aliphatic rings. The van der Waals surface area contributed by atoms with Gasteiger partial charge in [-0.2, -0.15) is 0 Å². The van der Waals surface area contributed by atoms with Gasteiger partial charge in [-0.25, -0.2) is 9.97 Å². The lowest BCUT2D eigenvalue weighted by molar-refractivity contribution is 0.102. The summed E-state index contributed by atoms with van der Waals surface area (Å²) in [5.74, 6) is 1.30. The average Bonchev–Trinajstić information content (AvgIpc) is 2.57. The van der Waals surface area contributed by atoms with Gasteiger partial charge in [-0.05, 0) is 37.3 Å². The van der Waals surface area contributed by atoms with Crippen LogP contribution in [0.1, 0.15) is 35.8 Å². The van der Waals surface area contributed by atoms with Crippen molar-refractivity contribution < 1.29 is 4.79 Å². The maximum atomic E-state index is 12.3. The highest BCUT2D eigenvalue weighted by Crippen LogP contribution is 2.20. The molecule has 0 saturated carbocycles. The summed E-state index contributed by atoms with van der Waals surface area (Å²) in [6.45, 7) is 6.22. The minimum Gasteiger partial charge on any atom is -0.355 e. The molecule has 1 unspecified atom stereocenters. The number of carbonyl (C=O) groups excluding carboxylic acids is 1. The molecule has 2 heterocycles. The number of aryl methyl sites for hydroxylation is 1. The van der Waals surface area contributed by atoms with E-state index in [1.54, 1.807) is 12.4 Å². The number of amides is 1. The molecule has 0 bridgehead atoms. The lowest BCUT2D eigenvalue weighted by Crippen LogP contribution is -2.35. The first-order valence-corrected chi connectivity index (χ1v) is 8.07. The molecule has 5 heteroatoms. The van der Waals surface area contributed by atoms with Crippen LogP contribution in [0.15, 0.2) is 36.7 Å². The summed E-state index contributed by atoms with van der Waals surface area (Å²) in [4.78, 5) is 23.2. The Labute approximate surface area is 136 Å². The van der Waals surface area contributed by atoms with E-state index in [9.17, 15) is 4.79 Å². The van der Waals surface area contributed by atoms with Gasteiger partial charge in [-0.1, -0.05) is 25.1 Å². The number of carbonyl (C=O) groups is 1. The standard InChI is InChI=1S/C18H22N4O/c1-13-6-5-9-22(12-13)17-11-19-16(10-20-17)18(23)21-15-8-4-3-7-14(15)2/h3-4,7-8,10-11,13H,5-6,9,12H2,1-2H3,(H,21,23). The summed E-state index contributed by atoms with van der Waals surface area (Å²) >= 11 is 0. The number of benzene rings is 1. The summed E-state index contributed by atoms with van der Waals surface area (Å²) in [6, 6.07) is 7.68. The van der Waals surface area contributed by atoms with Crippen molar-refractivity contribution in [3.8, 4) is 0 Å². The second kappa shape index (κ2) is 6.77. The monoisotopic (exact) mass is 310 g/mol. The minimum absolute atomic E-state index is 0.231. The van der Waals surface area contributed by atoms with Gasteiger partial charge in [0.2, 0.25) is 0 Å². The number of hydrogen-bond donors (Lipinski definition) is 1. The Kier molecular flexibility index (Phi) is 4.55. The Morgan fingerprint density at radius 3 is 2.78 bits per heavy atom. The molecular formula is C18H22N4O. The van der Waals surface area contributed by atoms with Crippen LogP contribution in [-0.2, 0) is 0 Å². The summed E-state index contributed by atoms with van der Waals surface area (Å²) in [6.07, 6.45) is 5.70. The number of nitrogens with one attached hydrogen (secondary N) is 1. The predicted octanol–water partition coefficient (Wildman–Crippen LogP) is 3.27. The van der Waals surface area contributed by atoms with E-state index >= 15 is 0 Å². The summed E-state index contributed by atoms with van der Waals surface area (Å²) < 4.78 is 0. The molecule has 0 spiro atoms. The smallest absolute Gasteiger partial charge is 0.275 e. The molecule has 1 atom stereocenters. The van der Waals surface area contributed by atoms with Crippen LogP contribution in [0.3, 0.4) is 0 Å². The SMILES string of the molecule is Cc1ccccc1NC(=O)c1cnc(N2CCCC(C)C2)cn1. The first-order valence-electron chi connectivity index (χ1n) is 8.07. The number of hydrogen-bond acceptors (Lipinski definition) is 4. The Morgan fingerprint density at radius 1 is 1.26 bits per heavy atom. The zero-order valence-electron chi connectivity index (χ0n) is 13.6. The van der Waals surface area contributed by atoms with Crippen molar-refractivity contribution >= 4 is 17.4 Å². The molecule has 1 aromatic carbocycles. The summed E-state index contributed by atoms with van der Waals surface area (Å²) in [5.41, 5.74) is 2.16. The van der Waals surface area contributed by atoms with Gasteiger partial charge in [-0.3, -0.25) is 4.79 Å². The van der Waals surface area contributed by atoms with Crippen LogP contribution >= 0.6 is 0 Å². The van der Waals surface area contributed by atoms with E-state index in [0.29, 0.717) is 11.6 Å².